The van der Waals surface area contributed by atoms with Crippen molar-refractivity contribution in [1.82, 2.24) is 0 Å². The first-order chi connectivity index (χ1) is 17.8. The van der Waals surface area contributed by atoms with Gasteiger partial charge in [-0.2, -0.15) is 17.6 Å². The van der Waals surface area contributed by atoms with E-state index in [1.807, 2.05) is 0 Å². The predicted molar refractivity (Wildman–Crippen MR) is 106 cm³/mol. The molecule has 0 heterocycles. The van der Waals surface area contributed by atoms with Gasteiger partial charge >= 0.3 is 11.9 Å². The zero-order chi connectivity index (χ0) is 28.0. The zero-order valence-electron chi connectivity index (χ0n) is 17.9. The number of halogens is 10. The van der Waals surface area contributed by atoms with Gasteiger partial charge in [0.1, 0.15) is 0 Å². The second kappa shape index (κ2) is 9.68. The number of ether oxygens (including phenoxy) is 2. The maximum Gasteiger partial charge on any atom is 0.343 e. The molecule has 4 nitrogen and oxygen atoms in total. The lowest BCUT2D eigenvalue weighted by atomic mass is 10.0. The number of hydrogen-bond donors (Lipinski definition) is 0. The van der Waals surface area contributed by atoms with Crippen molar-refractivity contribution < 1.29 is 63.0 Å². The second-order valence-corrected chi connectivity index (χ2v) is 7.35. The number of carbonyl (C=O) groups is 2. The first kappa shape index (κ1) is 26.4. The van der Waals surface area contributed by atoms with Crippen LogP contribution in [0.3, 0.4) is 0 Å². The SMILES string of the molecule is O=C(Oc1c(F)c(F)c(F)c(F)c1F)c1ccc2cc(C(=O)Oc3c(F)c(F)c(F)c(F)c3F)ccc2c1. The van der Waals surface area contributed by atoms with Gasteiger partial charge in [0.25, 0.3) is 0 Å². The van der Waals surface area contributed by atoms with Gasteiger partial charge in [-0.05, 0) is 35.0 Å². The summed E-state index contributed by atoms with van der Waals surface area (Å²) < 4.78 is 143. The number of benzene rings is 4. The van der Waals surface area contributed by atoms with Crippen molar-refractivity contribution in [3.8, 4) is 11.5 Å². The van der Waals surface area contributed by atoms with Crippen molar-refractivity contribution in [1.29, 1.82) is 0 Å². The van der Waals surface area contributed by atoms with Crippen LogP contribution >= 0.6 is 0 Å². The third-order valence-electron chi connectivity index (χ3n) is 5.04. The summed E-state index contributed by atoms with van der Waals surface area (Å²) >= 11 is 0. The number of esters is 2. The van der Waals surface area contributed by atoms with Crippen LogP contribution in [0.25, 0.3) is 10.8 Å². The third-order valence-corrected chi connectivity index (χ3v) is 5.04. The first-order valence-electron chi connectivity index (χ1n) is 9.84. The Morgan fingerprint density at radius 2 is 0.684 bits per heavy atom. The Morgan fingerprint density at radius 1 is 0.421 bits per heavy atom. The molecular weight excluding hydrogens is 542 g/mol. The molecule has 0 aromatic heterocycles. The first-order valence-corrected chi connectivity index (χ1v) is 9.84. The Labute approximate surface area is 203 Å². The van der Waals surface area contributed by atoms with Crippen molar-refractivity contribution in [2.75, 3.05) is 0 Å². The molecule has 4 rings (SSSR count). The Bertz CT molecular complexity index is 1490. The number of carbonyl (C=O) groups excluding carboxylic acids is 2. The molecule has 0 spiro atoms. The van der Waals surface area contributed by atoms with Gasteiger partial charge in [-0.1, -0.05) is 12.1 Å². The van der Waals surface area contributed by atoms with Crippen LogP contribution in [0.2, 0.25) is 0 Å². The molecule has 0 aliphatic carbocycles. The largest absolute Gasteiger partial charge is 0.416 e. The number of fused-ring (bicyclic) bond motifs is 1. The minimum Gasteiger partial charge on any atom is -0.416 e. The molecule has 4 aromatic carbocycles. The average molecular weight is 548 g/mol. The fourth-order valence-corrected chi connectivity index (χ4v) is 3.15. The van der Waals surface area contributed by atoms with Gasteiger partial charge in [0.05, 0.1) is 11.1 Å². The fourth-order valence-electron chi connectivity index (χ4n) is 3.15. The van der Waals surface area contributed by atoms with E-state index in [0.717, 1.165) is 36.4 Å². The van der Waals surface area contributed by atoms with E-state index in [4.69, 9.17) is 0 Å². The molecule has 0 aliphatic heterocycles. The maximum atomic E-state index is 13.8. The van der Waals surface area contributed by atoms with Crippen LogP contribution in [0.15, 0.2) is 36.4 Å². The van der Waals surface area contributed by atoms with Crippen molar-refractivity contribution in [3.05, 3.63) is 106 Å². The van der Waals surface area contributed by atoms with Crippen molar-refractivity contribution in [2.24, 2.45) is 0 Å². The van der Waals surface area contributed by atoms with Crippen LogP contribution in [-0.2, 0) is 0 Å². The molecule has 0 amide bonds. The van der Waals surface area contributed by atoms with Gasteiger partial charge in [-0.3, -0.25) is 0 Å². The molecule has 0 bridgehead atoms. The van der Waals surface area contributed by atoms with E-state index in [0.29, 0.717) is 0 Å². The highest BCUT2D eigenvalue weighted by molar-refractivity contribution is 6.00. The molecule has 0 saturated carbocycles. The van der Waals surface area contributed by atoms with Crippen LogP contribution in [0.4, 0.5) is 43.9 Å². The smallest absolute Gasteiger partial charge is 0.343 e. The molecule has 0 aliphatic rings. The van der Waals surface area contributed by atoms with Crippen LogP contribution in [0.1, 0.15) is 20.7 Å². The molecule has 0 saturated heterocycles. The van der Waals surface area contributed by atoms with Crippen molar-refractivity contribution in [2.45, 2.75) is 0 Å². The summed E-state index contributed by atoms with van der Waals surface area (Å²) in [5.41, 5.74) is -0.864. The van der Waals surface area contributed by atoms with Crippen molar-refractivity contribution in [3.63, 3.8) is 0 Å². The molecule has 14 heteroatoms. The van der Waals surface area contributed by atoms with Crippen LogP contribution < -0.4 is 9.47 Å². The normalized spacial score (nSPS) is 11.1. The summed E-state index contributed by atoms with van der Waals surface area (Å²) in [6.45, 7) is 0. The van der Waals surface area contributed by atoms with E-state index in [1.165, 1.54) is 0 Å². The second-order valence-electron chi connectivity index (χ2n) is 7.35. The van der Waals surface area contributed by atoms with E-state index in [2.05, 4.69) is 9.47 Å². The highest BCUT2D eigenvalue weighted by atomic mass is 19.2. The van der Waals surface area contributed by atoms with Crippen LogP contribution in [0.5, 0.6) is 11.5 Å². The van der Waals surface area contributed by atoms with Gasteiger partial charge < -0.3 is 9.47 Å². The lowest BCUT2D eigenvalue weighted by Gasteiger charge is -2.10. The summed E-state index contributed by atoms with van der Waals surface area (Å²) in [5, 5.41) is 0.259. The van der Waals surface area contributed by atoms with Gasteiger partial charge in [-0.25, -0.2) is 35.9 Å². The van der Waals surface area contributed by atoms with Gasteiger partial charge in [-0.15, -0.1) is 0 Å². The number of rotatable bonds is 4. The maximum absolute atomic E-state index is 13.8. The van der Waals surface area contributed by atoms with Gasteiger partial charge in [0, 0.05) is 0 Å². The standard InChI is InChI=1S/C24H6F10O4/c25-11-13(27)17(31)21(18(32)14(11)28)37-23(35)9-3-1-7-5-10(4-2-8(7)6-9)24(36)38-22-19(33)15(29)12(26)16(30)20(22)34/h1-6H. The quantitative estimate of drug-likeness (QED) is 0.0941. The van der Waals surface area contributed by atoms with Crippen molar-refractivity contribution >= 4 is 22.7 Å². The Hall–Kier alpha value is -4.62. The Morgan fingerprint density at radius 3 is 0.974 bits per heavy atom. The minimum atomic E-state index is -2.46. The molecule has 0 N–H and O–H groups in total. The molecule has 0 atom stereocenters. The molecule has 0 unspecified atom stereocenters. The van der Waals surface area contributed by atoms with Crippen LogP contribution in [0, 0.1) is 58.2 Å². The lowest BCUT2D eigenvalue weighted by Crippen LogP contribution is -2.14. The molecule has 196 valence electrons. The van der Waals surface area contributed by atoms with E-state index >= 15 is 0 Å². The van der Waals surface area contributed by atoms with E-state index in [9.17, 15) is 53.5 Å². The molecule has 38 heavy (non-hydrogen) atoms. The molecular formula is C24H6F10O4. The lowest BCUT2D eigenvalue weighted by molar-refractivity contribution is 0.0707. The fraction of sp³-hybridized carbons (Fsp3) is 0. The summed E-state index contributed by atoms with van der Waals surface area (Å²) in [7, 11) is 0. The topological polar surface area (TPSA) is 52.6 Å². The number of hydrogen-bond acceptors (Lipinski definition) is 4. The zero-order valence-corrected chi connectivity index (χ0v) is 17.9. The third kappa shape index (κ3) is 4.37. The van der Waals surface area contributed by atoms with Gasteiger partial charge in [0.2, 0.25) is 69.7 Å². The molecule has 0 radical (unpaired) electrons. The Balaban J connectivity index is 1.61. The molecule has 0 fully saturated rings. The summed E-state index contributed by atoms with van der Waals surface area (Å²) in [6.07, 6.45) is 0. The van der Waals surface area contributed by atoms with Crippen LogP contribution in [-0.4, -0.2) is 11.9 Å². The minimum absolute atomic E-state index is 0.129. The van der Waals surface area contributed by atoms with Gasteiger partial charge in [0.15, 0.2) is 0 Å². The predicted octanol–water partition coefficient (Wildman–Crippen LogP) is 6.67. The monoisotopic (exact) mass is 548 g/mol. The summed E-state index contributed by atoms with van der Waals surface area (Å²) in [6, 6.07) is 6.25. The summed E-state index contributed by atoms with van der Waals surface area (Å²) in [4.78, 5) is 24.5. The average Bonchev–Trinajstić information content (AvgIpc) is 2.92. The summed E-state index contributed by atoms with van der Waals surface area (Å²) in [5.74, 6) is -30.5. The highest BCUT2D eigenvalue weighted by Crippen LogP contribution is 2.31. The Kier molecular flexibility index (Phi) is 6.74. The van der Waals surface area contributed by atoms with E-state index < -0.39 is 92.7 Å². The molecule has 4 aromatic rings. The van der Waals surface area contributed by atoms with E-state index in [1.54, 1.807) is 0 Å². The highest BCUT2D eigenvalue weighted by Gasteiger charge is 2.30. The van der Waals surface area contributed by atoms with E-state index in [-0.39, 0.29) is 10.8 Å².